The molecule has 0 aromatic heterocycles. The Hall–Kier alpha value is -0.330. The van der Waals surface area contributed by atoms with Crippen LogP contribution in [0.3, 0.4) is 0 Å². The molecule has 74 valence electrons. The van der Waals surface area contributed by atoms with Crippen LogP contribution in [0, 0.1) is 3.57 Å². The number of benzene rings is 1. The zero-order valence-corrected chi connectivity index (χ0v) is 10.1. The molecule has 0 spiro atoms. The Labute approximate surface area is 100 Å². The van der Waals surface area contributed by atoms with E-state index in [-0.39, 0.29) is 11.9 Å². The zero-order chi connectivity index (χ0) is 10.3. The third-order valence-electron chi connectivity index (χ3n) is 2.16. The van der Waals surface area contributed by atoms with Gasteiger partial charge in [0.05, 0.1) is 12.2 Å². The molecule has 0 saturated carbocycles. The molecule has 14 heavy (non-hydrogen) atoms. The van der Waals surface area contributed by atoms with Crippen molar-refractivity contribution in [1.82, 2.24) is 0 Å². The van der Waals surface area contributed by atoms with Gasteiger partial charge in [0, 0.05) is 8.59 Å². The average molecular weight is 323 g/mol. The quantitative estimate of drug-likeness (QED) is 0.631. The normalized spacial score (nSPS) is 20.9. The third-order valence-corrected chi connectivity index (χ3v) is 3.26. The third kappa shape index (κ3) is 1.62. The first-order chi connectivity index (χ1) is 6.59. The molecule has 2 rings (SSSR count). The van der Waals surface area contributed by atoms with E-state index < -0.39 is 0 Å². The van der Waals surface area contributed by atoms with Crippen LogP contribution in [0.2, 0.25) is 5.02 Å². The van der Waals surface area contributed by atoms with E-state index in [0.29, 0.717) is 11.6 Å². The molecule has 1 unspecified atom stereocenters. The molecule has 1 aromatic rings. The topological polar surface area (TPSA) is 46.3 Å². The Kier molecular flexibility index (Phi) is 2.68. The molecule has 0 bridgehead atoms. The van der Waals surface area contributed by atoms with Crippen LogP contribution in [0.5, 0.6) is 0 Å². The van der Waals surface area contributed by atoms with Gasteiger partial charge in [-0.25, -0.2) is 0 Å². The van der Waals surface area contributed by atoms with Gasteiger partial charge in [-0.05, 0) is 40.8 Å². The van der Waals surface area contributed by atoms with Gasteiger partial charge in [-0.15, -0.1) is 0 Å². The number of hydrogen-bond donors (Lipinski definition) is 1. The van der Waals surface area contributed by atoms with Crippen LogP contribution >= 0.6 is 34.2 Å². The largest absolute Gasteiger partial charge is 0.318 e. The van der Waals surface area contributed by atoms with Gasteiger partial charge in [0.25, 0.3) is 0 Å². The fourth-order valence-corrected chi connectivity index (χ4v) is 2.53. The highest BCUT2D eigenvalue weighted by molar-refractivity contribution is 14.1. The van der Waals surface area contributed by atoms with Crippen molar-refractivity contribution in [2.75, 3.05) is 11.4 Å². The molecule has 3 nitrogen and oxygen atoms in total. The fourth-order valence-electron chi connectivity index (χ4n) is 1.37. The molecule has 1 fully saturated rings. The molecule has 2 N–H and O–H groups in total. The van der Waals surface area contributed by atoms with Crippen LogP contribution < -0.4 is 10.6 Å². The van der Waals surface area contributed by atoms with Crippen molar-refractivity contribution in [2.45, 2.75) is 6.04 Å². The van der Waals surface area contributed by atoms with Gasteiger partial charge in [-0.1, -0.05) is 11.6 Å². The van der Waals surface area contributed by atoms with Crippen LogP contribution in [0.25, 0.3) is 0 Å². The fraction of sp³-hybridized carbons (Fsp3) is 0.222. The number of β-lactam (4-membered cyclic amide) rings is 1. The van der Waals surface area contributed by atoms with Crippen molar-refractivity contribution in [1.29, 1.82) is 0 Å². The van der Waals surface area contributed by atoms with E-state index in [1.807, 2.05) is 12.1 Å². The number of rotatable bonds is 1. The predicted octanol–water partition coefficient (Wildman–Crippen LogP) is 1.62. The minimum Gasteiger partial charge on any atom is -0.318 e. The van der Waals surface area contributed by atoms with Gasteiger partial charge in [0.15, 0.2) is 0 Å². The summed E-state index contributed by atoms with van der Waals surface area (Å²) >= 11 is 7.97. The van der Waals surface area contributed by atoms with Crippen molar-refractivity contribution in [3.63, 3.8) is 0 Å². The average Bonchev–Trinajstić information content (AvgIpc) is 2.15. The zero-order valence-electron chi connectivity index (χ0n) is 7.21. The van der Waals surface area contributed by atoms with Gasteiger partial charge in [0.1, 0.15) is 6.04 Å². The van der Waals surface area contributed by atoms with Crippen molar-refractivity contribution in [2.24, 2.45) is 5.73 Å². The summed E-state index contributed by atoms with van der Waals surface area (Å²) in [6.07, 6.45) is 0. The van der Waals surface area contributed by atoms with Crippen LogP contribution in [0.15, 0.2) is 18.2 Å². The number of amides is 1. The maximum atomic E-state index is 11.4. The summed E-state index contributed by atoms with van der Waals surface area (Å²) in [6, 6.07) is 5.11. The molecule has 1 atom stereocenters. The van der Waals surface area contributed by atoms with E-state index in [1.54, 1.807) is 11.0 Å². The van der Waals surface area contributed by atoms with Gasteiger partial charge >= 0.3 is 0 Å². The number of nitrogens with zero attached hydrogens (tertiary/aromatic N) is 1. The van der Waals surface area contributed by atoms with Crippen LogP contribution in [0.4, 0.5) is 5.69 Å². The first kappa shape index (κ1) is 10.2. The lowest BCUT2D eigenvalue weighted by Gasteiger charge is -2.36. The molecule has 1 aromatic carbocycles. The first-order valence-electron chi connectivity index (χ1n) is 4.11. The first-order valence-corrected chi connectivity index (χ1v) is 5.57. The molecule has 0 aliphatic carbocycles. The van der Waals surface area contributed by atoms with Crippen molar-refractivity contribution >= 4 is 45.8 Å². The molecule has 1 amide bonds. The van der Waals surface area contributed by atoms with E-state index in [4.69, 9.17) is 17.3 Å². The van der Waals surface area contributed by atoms with E-state index in [0.717, 1.165) is 9.26 Å². The number of carbonyl (C=O) groups excluding carboxylic acids is 1. The number of halogens is 2. The minimum absolute atomic E-state index is 0.0229. The summed E-state index contributed by atoms with van der Waals surface area (Å²) in [7, 11) is 0. The van der Waals surface area contributed by atoms with E-state index in [1.165, 1.54) is 0 Å². The smallest absolute Gasteiger partial charge is 0.245 e. The maximum absolute atomic E-state index is 11.4. The van der Waals surface area contributed by atoms with E-state index in [2.05, 4.69) is 22.6 Å². The Morgan fingerprint density at radius 1 is 1.57 bits per heavy atom. The Morgan fingerprint density at radius 2 is 2.29 bits per heavy atom. The Morgan fingerprint density at radius 3 is 2.79 bits per heavy atom. The summed E-state index contributed by atoms with van der Waals surface area (Å²) in [5.74, 6) is -0.0229. The predicted molar refractivity (Wildman–Crippen MR) is 64.5 cm³/mol. The Balaban J connectivity index is 2.30. The second-order valence-electron chi connectivity index (χ2n) is 3.15. The highest BCUT2D eigenvalue weighted by Gasteiger charge is 2.35. The second kappa shape index (κ2) is 3.67. The molecule has 1 heterocycles. The lowest BCUT2D eigenvalue weighted by molar-refractivity contribution is -0.123. The minimum atomic E-state index is -0.332. The molecule has 1 aliphatic heterocycles. The molecule has 1 saturated heterocycles. The molecule has 1 aliphatic rings. The second-order valence-corrected chi connectivity index (χ2v) is 4.75. The van der Waals surface area contributed by atoms with Gasteiger partial charge < -0.3 is 10.6 Å². The van der Waals surface area contributed by atoms with Gasteiger partial charge in [0.2, 0.25) is 5.91 Å². The van der Waals surface area contributed by atoms with Gasteiger partial charge in [-0.3, -0.25) is 4.79 Å². The molecule has 5 heteroatoms. The standard InChI is InChI=1S/C9H8ClIN2O/c10-5-1-2-8(6(11)3-5)13-4-7(12)9(13)14/h1-3,7H,4,12H2. The summed E-state index contributed by atoms with van der Waals surface area (Å²) in [4.78, 5) is 13.0. The maximum Gasteiger partial charge on any atom is 0.245 e. The highest BCUT2D eigenvalue weighted by Crippen LogP contribution is 2.29. The number of anilines is 1. The highest BCUT2D eigenvalue weighted by atomic mass is 127. The van der Waals surface area contributed by atoms with Crippen LogP contribution in [-0.2, 0) is 4.79 Å². The molecule has 0 radical (unpaired) electrons. The molecular weight excluding hydrogens is 314 g/mol. The van der Waals surface area contributed by atoms with Crippen LogP contribution in [0.1, 0.15) is 0 Å². The lowest BCUT2D eigenvalue weighted by Crippen LogP contribution is -2.61. The summed E-state index contributed by atoms with van der Waals surface area (Å²) in [6.45, 7) is 0.594. The van der Waals surface area contributed by atoms with Crippen molar-refractivity contribution in [3.8, 4) is 0 Å². The van der Waals surface area contributed by atoms with Crippen LogP contribution in [-0.4, -0.2) is 18.5 Å². The summed E-state index contributed by atoms with van der Waals surface area (Å²) < 4.78 is 0.968. The lowest BCUT2D eigenvalue weighted by atomic mass is 10.1. The number of hydrogen-bond acceptors (Lipinski definition) is 2. The van der Waals surface area contributed by atoms with E-state index in [9.17, 15) is 4.79 Å². The summed E-state index contributed by atoms with van der Waals surface area (Å²) in [5.41, 5.74) is 6.40. The Bertz CT molecular complexity index is 396. The summed E-state index contributed by atoms with van der Waals surface area (Å²) in [5, 5.41) is 0.676. The molecular formula is C9H8ClIN2O. The SMILES string of the molecule is NC1CN(c2ccc(Cl)cc2I)C1=O. The number of nitrogens with two attached hydrogens (primary N) is 1. The van der Waals surface area contributed by atoms with Crippen molar-refractivity contribution < 1.29 is 4.79 Å². The van der Waals surface area contributed by atoms with Crippen molar-refractivity contribution in [3.05, 3.63) is 26.8 Å². The monoisotopic (exact) mass is 322 g/mol. The number of carbonyl (C=O) groups is 1. The van der Waals surface area contributed by atoms with Gasteiger partial charge in [-0.2, -0.15) is 0 Å². The van der Waals surface area contributed by atoms with E-state index >= 15 is 0 Å².